The van der Waals surface area contributed by atoms with Gasteiger partial charge in [0.15, 0.2) is 0 Å². The molecule has 0 saturated heterocycles. The third-order valence-corrected chi connectivity index (χ3v) is 3.96. The summed E-state index contributed by atoms with van der Waals surface area (Å²) in [4.78, 5) is 4.34. The van der Waals surface area contributed by atoms with Gasteiger partial charge >= 0.3 is 0 Å². The van der Waals surface area contributed by atoms with Crippen molar-refractivity contribution in [3.05, 3.63) is 23.9 Å². The topological polar surface area (TPSA) is 43.4 Å². The Morgan fingerprint density at radius 2 is 1.78 bits per heavy atom. The molecule has 0 saturated carbocycles. The van der Waals surface area contributed by atoms with Gasteiger partial charge in [0.1, 0.15) is 0 Å². The summed E-state index contributed by atoms with van der Waals surface area (Å²) in [5, 5.41) is 3.58. The van der Waals surface area contributed by atoms with Gasteiger partial charge in [0, 0.05) is 19.4 Å². The number of rotatable bonds is 14. The lowest BCUT2D eigenvalue weighted by Gasteiger charge is -2.18. The van der Waals surface area contributed by atoms with Crippen LogP contribution in [0.3, 0.4) is 0 Å². The first-order valence-electron chi connectivity index (χ1n) is 9.12. The Morgan fingerprint density at radius 3 is 2.39 bits per heavy atom. The van der Waals surface area contributed by atoms with Crippen LogP contribution in [0, 0.1) is 0 Å². The molecular formula is C19H34N2O2. The molecule has 1 heterocycles. The van der Waals surface area contributed by atoms with Crippen LogP contribution in [0.5, 0.6) is 5.88 Å². The lowest BCUT2D eigenvalue weighted by molar-refractivity contribution is 0.166. The van der Waals surface area contributed by atoms with E-state index >= 15 is 0 Å². The number of aromatic nitrogens is 1. The summed E-state index contributed by atoms with van der Waals surface area (Å²) in [6.07, 6.45) is 11.2. The molecule has 1 atom stereocenters. The quantitative estimate of drug-likeness (QED) is 0.512. The van der Waals surface area contributed by atoms with E-state index in [9.17, 15) is 0 Å². The van der Waals surface area contributed by atoms with Crippen molar-refractivity contribution in [1.29, 1.82) is 0 Å². The Morgan fingerprint density at radius 1 is 1.04 bits per heavy atom. The van der Waals surface area contributed by atoms with Crippen LogP contribution < -0.4 is 10.1 Å². The predicted molar refractivity (Wildman–Crippen MR) is 96.0 cm³/mol. The molecule has 0 aliphatic carbocycles. The van der Waals surface area contributed by atoms with Gasteiger partial charge in [-0.15, -0.1) is 0 Å². The molecule has 0 amide bonds. The summed E-state index contributed by atoms with van der Waals surface area (Å²) < 4.78 is 10.7. The molecule has 0 spiro atoms. The average Bonchev–Trinajstić information content (AvgIpc) is 2.57. The smallest absolute Gasteiger partial charge is 0.213 e. The fourth-order valence-electron chi connectivity index (χ4n) is 2.63. The van der Waals surface area contributed by atoms with Crippen molar-refractivity contribution in [1.82, 2.24) is 10.3 Å². The molecule has 0 unspecified atom stereocenters. The van der Waals surface area contributed by atoms with E-state index in [0.29, 0.717) is 19.1 Å². The number of unbranched alkanes of at least 4 members (excludes halogenated alkanes) is 6. The Kier molecular flexibility index (Phi) is 11.5. The molecule has 0 fully saturated rings. The Labute approximate surface area is 142 Å². The van der Waals surface area contributed by atoms with Crippen molar-refractivity contribution in [2.24, 2.45) is 0 Å². The van der Waals surface area contributed by atoms with Crippen LogP contribution in [0.4, 0.5) is 0 Å². The second-order valence-electron chi connectivity index (χ2n) is 5.95. The zero-order chi connectivity index (χ0) is 16.8. The highest BCUT2D eigenvalue weighted by atomic mass is 16.5. The number of hydrogen-bond acceptors (Lipinski definition) is 4. The van der Waals surface area contributed by atoms with Gasteiger partial charge in [-0.1, -0.05) is 51.5 Å². The van der Waals surface area contributed by atoms with Crippen LogP contribution in [0.25, 0.3) is 0 Å². The summed E-state index contributed by atoms with van der Waals surface area (Å²) in [6, 6.07) is 4.19. The van der Waals surface area contributed by atoms with E-state index in [2.05, 4.69) is 23.3 Å². The Balaban J connectivity index is 2.28. The first-order chi connectivity index (χ1) is 11.3. The zero-order valence-electron chi connectivity index (χ0n) is 15.1. The van der Waals surface area contributed by atoms with Gasteiger partial charge in [-0.05, 0) is 25.5 Å². The molecule has 1 rings (SSSR count). The fourth-order valence-corrected chi connectivity index (χ4v) is 2.63. The number of ether oxygens (including phenoxy) is 2. The molecule has 1 aromatic rings. The largest absolute Gasteiger partial charge is 0.478 e. The van der Waals surface area contributed by atoms with E-state index in [1.54, 1.807) is 7.11 Å². The molecule has 4 heteroatoms. The van der Waals surface area contributed by atoms with Crippen LogP contribution in [-0.2, 0) is 4.74 Å². The third-order valence-electron chi connectivity index (χ3n) is 3.96. The molecule has 0 aliphatic rings. The van der Waals surface area contributed by atoms with Gasteiger partial charge in [-0.25, -0.2) is 4.98 Å². The van der Waals surface area contributed by atoms with Crippen LogP contribution in [0.15, 0.2) is 18.3 Å². The maximum absolute atomic E-state index is 5.39. The predicted octanol–water partition coefficient (Wildman–Crippen LogP) is 4.51. The summed E-state index contributed by atoms with van der Waals surface area (Å²) in [6.45, 7) is 6.55. The summed E-state index contributed by atoms with van der Waals surface area (Å²) >= 11 is 0. The summed E-state index contributed by atoms with van der Waals surface area (Å²) in [7, 11) is 1.74. The normalized spacial score (nSPS) is 12.3. The van der Waals surface area contributed by atoms with Crippen molar-refractivity contribution < 1.29 is 9.47 Å². The van der Waals surface area contributed by atoms with Gasteiger partial charge in [-0.3, -0.25) is 0 Å². The molecule has 4 nitrogen and oxygen atoms in total. The monoisotopic (exact) mass is 322 g/mol. The zero-order valence-corrected chi connectivity index (χ0v) is 15.1. The van der Waals surface area contributed by atoms with Crippen molar-refractivity contribution in [3.63, 3.8) is 0 Å². The lowest BCUT2D eigenvalue weighted by Crippen LogP contribution is -2.26. The minimum atomic E-state index is 0.197. The number of nitrogens with zero attached hydrogens (tertiary/aromatic N) is 1. The van der Waals surface area contributed by atoms with Gasteiger partial charge in [0.25, 0.3) is 0 Å². The number of nitrogens with one attached hydrogen (secondary N) is 1. The van der Waals surface area contributed by atoms with Crippen LogP contribution in [-0.4, -0.2) is 31.9 Å². The lowest BCUT2D eigenvalue weighted by atomic mass is 10.1. The highest BCUT2D eigenvalue weighted by Gasteiger charge is 2.11. The maximum atomic E-state index is 5.39. The second kappa shape index (κ2) is 13.3. The first kappa shape index (κ1) is 19.9. The molecule has 0 aliphatic heterocycles. The van der Waals surface area contributed by atoms with E-state index in [-0.39, 0.29) is 6.04 Å². The standard InChI is InChI=1S/C19H34N2O2/c1-4-6-7-8-9-10-11-14-20-18(16-22-3)17-12-13-19(21-15-17)23-5-2/h12-13,15,18,20H,4-11,14,16H2,1-3H3/t18-/m0/s1. The highest BCUT2D eigenvalue weighted by molar-refractivity contribution is 5.21. The van der Waals surface area contributed by atoms with Crippen LogP contribution in [0.2, 0.25) is 0 Å². The molecule has 1 aromatic heterocycles. The van der Waals surface area contributed by atoms with Crippen LogP contribution in [0.1, 0.15) is 70.4 Å². The summed E-state index contributed by atoms with van der Waals surface area (Å²) in [5.74, 6) is 0.680. The van der Waals surface area contributed by atoms with Gasteiger partial charge in [-0.2, -0.15) is 0 Å². The maximum Gasteiger partial charge on any atom is 0.213 e. The van der Waals surface area contributed by atoms with E-state index in [0.717, 1.165) is 12.1 Å². The molecule has 132 valence electrons. The Bertz CT molecular complexity index is 381. The molecule has 23 heavy (non-hydrogen) atoms. The van der Waals surface area contributed by atoms with E-state index in [1.807, 2.05) is 19.2 Å². The highest BCUT2D eigenvalue weighted by Crippen LogP contribution is 2.16. The van der Waals surface area contributed by atoms with Crippen molar-refractivity contribution in [2.75, 3.05) is 26.9 Å². The minimum absolute atomic E-state index is 0.197. The minimum Gasteiger partial charge on any atom is -0.478 e. The molecule has 0 aromatic carbocycles. The SMILES string of the molecule is CCCCCCCCCN[C@@H](COC)c1ccc(OCC)nc1. The average molecular weight is 322 g/mol. The first-order valence-corrected chi connectivity index (χ1v) is 9.12. The van der Waals surface area contributed by atoms with Crippen LogP contribution >= 0.6 is 0 Å². The molecular weight excluding hydrogens is 288 g/mol. The third kappa shape index (κ3) is 8.92. The van der Waals surface area contributed by atoms with E-state index in [1.165, 1.54) is 44.9 Å². The summed E-state index contributed by atoms with van der Waals surface area (Å²) in [5.41, 5.74) is 1.15. The van der Waals surface area contributed by atoms with Gasteiger partial charge in [0.05, 0.1) is 19.3 Å². The van der Waals surface area contributed by atoms with Gasteiger partial charge < -0.3 is 14.8 Å². The van der Waals surface area contributed by atoms with Crippen molar-refractivity contribution >= 4 is 0 Å². The molecule has 1 N–H and O–H groups in total. The van der Waals surface area contributed by atoms with Crippen molar-refractivity contribution in [2.45, 2.75) is 64.8 Å². The molecule has 0 radical (unpaired) electrons. The second-order valence-corrected chi connectivity index (χ2v) is 5.95. The number of hydrogen-bond donors (Lipinski definition) is 1. The fraction of sp³-hybridized carbons (Fsp3) is 0.737. The van der Waals surface area contributed by atoms with E-state index in [4.69, 9.17) is 9.47 Å². The number of pyridine rings is 1. The van der Waals surface area contributed by atoms with Gasteiger partial charge in [0.2, 0.25) is 5.88 Å². The molecule has 0 bridgehead atoms. The Hall–Kier alpha value is -1.13. The van der Waals surface area contributed by atoms with E-state index < -0.39 is 0 Å². The van der Waals surface area contributed by atoms with Crippen molar-refractivity contribution in [3.8, 4) is 5.88 Å². The number of methoxy groups -OCH3 is 1.